The molecule has 0 spiro atoms. The Bertz CT molecular complexity index is 350. The van der Waals surface area contributed by atoms with Crippen LogP contribution in [0.1, 0.15) is 12.8 Å². The van der Waals surface area contributed by atoms with Gasteiger partial charge in [-0.1, -0.05) is 0 Å². The third-order valence-corrected chi connectivity index (χ3v) is 2.69. The lowest BCUT2D eigenvalue weighted by atomic mass is 9.89. The zero-order valence-electron chi connectivity index (χ0n) is 8.47. The molecule has 0 aliphatic heterocycles. The number of benzene rings is 1. The second-order valence-corrected chi connectivity index (χ2v) is 3.77. The Labute approximate surface area is 87.2 Å². The summed E-state index contributed by atoms with van der Waals surface area (Å²) in [5.41, 5.74) is 0. The number of hydrogen-bond donors (Lipinski definition) is 1. The Morgan fingerprint density at radius 1 is 1.33 bits per heavy atom. The van der Waals surface area contributed by atoms with Gasteiger partial charge in [0.2, 0.25) is 0 Å². The first-order chi connectivity index (χ1) is 7.19. The van der Waals surface area contributed by atoms with E-state index in [-0.39, 0.29) is 11.9 Å². The molecule has 1 aliphatic rings. The molecule has 1 aliphatic carbocycles. The van der Waals surface area contributed by atoms with Crippen molar-refractivity contribution in [3.63, 3.8) is 0 Å². The van der Waals surface area contributed by atoms with Gasteiger partial charge < -0.3 is 10.1 Å². The van der Waals surface area contributed by atoms with E-state index in [2.05, 4.69) is 5.32 Å². The predicted octanol–water partition coefficient (Wildman–Crippen LogP) is 2.09. The van der Waals surface area contributed by atoms with Gasteiger partial charge in [-0.15, -0.1) is 0 Å². The molecule has 4 heteroatoms. The van der Waals surface area contributed by atoms with Crippen LogP contribution >= 0.6 is 0 Å². The van der Waals surface area contributed by atoms with Crippen molar-refractivity contribution in [2.45, 2.75) is 25.0 Å². The predicted molar refractivity (Wildman–Crippen MR) is 52.9 cm³/mol. The fraction of sp³-hybridized carbons (Fsp3) is 0.455. The normalized spacial score (nSPS) is 24.7. The monoisotopic (exact) mass is 213 g/mol. The van der Waals surface area contributed by atoms with Crippen LogP contribution in [0.3, 0.4) is 0 Å². The lowest BCUT2D eigenvalue weighted by molar-refractivity contribution is 0.0840. The molecule has 2 nitrogen and oxygen atoms in total. The number of halogens is 2. The summed E-state index contributed by atoms with van der Waals surface area (Å²) in [6, 6.07) is 3.69. The Hall–Kier alpha value is -1.16. The molecule has 82 valence electrons. The fourth-order valence-electron chi connectivity index (χ4n) is 1.64. The van der Waals surface area contributed by atoms with Gasteiger partial charge in [0.1, 0.15) is 11.9 Å². The molecule has 0 bridgehead atoms. The molecule has 0 amide bonds. The highest BCUT2D eigenvalue weighted by molar-refractivity contribution is 5.25. The van der Waals surface area contributed by atoms with Crippen molar-refractivity contribution in [1.29, 1.82) is 0 Å². The molecular weight excluding hydrogens is 200 g/mol. The van der Waals surface area contributed by atoms with Crippen molar-refractivity contribution in [3.05, 3.63) is 29.8 Å². The highest BCUT2D eigenvalue weighted by atomic mass is 19.1. The van der Waals surface area contributed by atoms with Gasteiger partial charge >= 0.3 is 0 Å². The minimum absolute atomic E-state index is 0.00116. The van der Waals surface area contributed by atoms with Gasteiger partial charge in [0.15, 0.2) is 11.6 Å². The van der Waals surface area contributed by atoms with Crippen LogP contribution in [0.25, 0.3) is 0 Å². The van der Waals surface area contributed by atoms with Crippen molar-refractivity contribution in [1.82, 2.24) is 5.32 Å². The molecule has 0 heterocycles. The molecule has 1 aromatic carbocycles. The maximum absolute atomic E-state index is 13.2. The molecule has 1 fully saturated rings. The van der Waals surface area contributed by atoms with E-state index in [1.165, 1.54) is 0 Å². The van der Waals surface area contributed by atoms with Crippen molar-refractivity contribution < 1.29 is 13.5 Å². The zero-order chi connectivity index (χ0) is 10.8. The van der Waals surface area contributed by atoms with E-state index >= 15 is 0 Å². The minimum atomic E-state index is -0.510. The standard InChI is InChI=1S/C11H13F2NO/c1-14-8-5-9(6-8)15-11-4-7(12)2-3-10(11)13/h2-4,8-9,14H,5-6H2,1H3. The van der Waals surface area contributed by atoms with Crippen LogP contribution in [0.4, 0.5) is 8.78 Å². The van der Waals surface area contributed by atoms with Crippen molar-refractivity contribution >= 4 is 0 Å². The molecule has 0 atom stereocenters. The maximum atomic E-state index is 13.2. The molecule has 0 saturated heterocycles. The first-order valence-electron chi connectivity index (χ1n) is 4.98. The first kappa shape index (κ1) is 10.4. The van der Waals surface area contributed by atoms with Crippen LogP contribution in [0.2, 0.25) is 0 Å². The molecule has 0 aromatic heterocycles. The summed E-state index contributed by atoms with van der Waals surface area (Å²) >= 11 is 0. The van der Waals surface area contributed by atoms with E-state index in [9.17, 15) is 8.78 Å². The van der Waals surface area contributed by atoms with Crippen LogP contribution in [-0.2, 0) is 0 Å². The highest BCUT2D eigenvalue weighted by Crippen LogP contribution is 2.27. The van der Waals surface area contributed by atoms with Crippen LogP contribution in [0.15, 0.2) is 18.2 Å². The Morgan fingerprint density at radius 3 is 2.73 bits per heavy atom. The van der Waals surface area contributed by atoms with E-state index in [1.54, 1.807) is 0 Å². The summed E-state index contributed by atoms with van der Waals surface area (Å²) in [5, 5.41) is 3.10. The molecule has 1 saturated carbocycles. The molecule has 2 rings (SSSR count). The third-order valence-electron chi connectivity index (χ3n) is 2.69. The average molecular weight is 213 g/mol. The van der Waals surface area contributed by atoms with Gasteiger partial charge in [-0.3, -0.25) is 0 Å². The number of rotatable bonds is 3. The van der Waals surface area contributed by atoms with Gasteiger partial charge in [-0.05, 0) is 32.0 Å². The average Bonchev–Trinajstić information content (AvgIpc) is 2.16. The molecule has 15 heavy (non-hydrogen) atoms. The number of ether oxygens (including phenoxy) is 1. The maximum Gasteiger partial charge on any atom is 0.165 e. The summed E-state index contributed by atoms with van der Waals surface area (Å²) in [5.74, 6) is -0.977. The lowest BCUT2D eigenvalue weighted by Crippen LogP contribution is -2.45. The first-order valence-corrected chi connectivity index (χ1v) is 4.98. The Balaban J connectivity index is 1.97. The van der Waals surface area contributed by atoms with Gasteiger partial charge in [-0.2, -0.15) is 0 Å². The smallest absolute Gasteiger partial charge is 0.165 e. The Morgan fingerprint density at radius 2 is 2.07 bits per heavy atom. The molecule has 0 radical (unpaired) electrons. The van der Waals surface area contributed by atoms with E-state index < -0.39 is 11.6 Å². The van der Waals surface area contributed by atoms with E-state index in [0.717, 1.165) is 31.0 Å². The van der Waals surface area contributed by atoms with Gasteiger partial charge in [0.25, 0.3) is 0 Å². The molecule has 1 aromatic rings. The number of hydrogen-bond acceptors (Lipinski definition) is 2. The summed E-state index contributed by atoms with van der Waals surface area (Å²) in [4.78, 5) is 0. The SMILES string of the molecule is CNC1CC(Oc2cc(F)ccc2F)C1. The van der Waals surface area contributed by atoms with Crippen molar-refractivity contribution in [2.75, 3.05) is 7.05 Å². The summed E-state index contributed by atoms with van der Waals surface area (Å²) in [6.07, 6.45) is 1.68. The fourth-order valence-corrected chi connectivity index (χ4v) is 1.64. The minimum Gasteiger partial charge on any atom is -0.487 e. The second kappa shape index (κ2) is 4.14. The van der Waals surface area contributed by atoms with Crippen LogP contribution < -0.4 is 10.1 Å². The van der Waals surface area contributed by atoms with Crippen LogP contribution in [0.5, 0.6) is 5.75 Å². The van der Waals surface area contributed by atoms with E-state index in [4.69, 9.17) is 4.74 Å². The highest BCUT2D eigenvalue weighted by Gasteiger charge is 2.30. The topological polar surface area (TPSA) is 21.3 Å². The quantitative estimate of drug-likeness (QED) is 0.830. The van der Waals surface area contributed by atoms with Crippen molar-refractivity contribution in [3.8, 4) is 5.75 Å². The van der Waals surface area contributed by atoms with E-state index in [0.29, 0.717) is 6.04 Å². The Kier molecular flexibility index (Phi) is 2.86. The zero-order valence-corrected chi connectivity index (χ0v) is 8.47. The van der Waals surface area contributed by atoms with E-state index in [1.807, 2.05) is 7.05 Å². The summed E-state index contributed by atoms with van der Waals surface area (Å²) in [6.45, 7) is 0. The molecular formula is C11H13F2NO. The number of nitrogens with one attached hydrogen (secondary N) is 1. The summed E-state index contributed by atoms with van der Waals surface area (Å²) < 4.78 is 31.3. The summed E-state index contributed by atoms with van der Waals surface area (Å²) in [7, 11) is 1.88. The van der Waals surface area contributed by atoms with Crippen LogP contribution in [0, 0.1) is 11.6 Å². The second-order valence-electron chi connectivity index (χ2n) is 3.77. The molecule has 0 unspecified atom stereocenters. The largest absolute Gasteiger partial charge is 0.487 e. The third kappa shape index (κ3) is 2.26. The van der Waals surface area contributed by atoms with Gasteiger partial charge in [0.05, 0.1) is 0 Å². The van der Waals surface area contributed by atoms with Gasteiger partial charge in [0, 0.05) is 12.1 Å². The van der Waals surface area contributed by atoms with Gasteiger partial charge in [-0.25, -0.2) is 8.78 Å². The lowest BCUT2D eigenvalue weighted by Gasteiger charge is -2.35. The van der Waals surface area contributed by atoms with Crippen molar-refractivity contribution in [2.24, 2.45) is 0 Å². The van der Waals surface area contributed by atoms with Crippen LogP contribution in [-0.4, -0.2) is 19.2 Å². The molecule has 1 N–H and O–H groups in total.